The van der Waals surface area contributed by atoms with Crippen molar-refractivity contribution in [3.8, 4) is 11.1 Å². The fourth-order valence-electron chi connectivity index (χ4n) is 4.71. The molecular formula is C31H32N2O6. The minimum Gasteiger partial charge on any atom is -0.480 e. The summed E-state index contributed by atoms with van der Waals surface area (Å²) in [6.07, 6.45) is -0.0506. The number of carboxylic acids is 1. The number of nitrogens with one attached hydrogen (secondary N) is 2. The lowest BCUT2D eigenvalue weighted by molar-refractivity contribution is -0.146. The quantitative estimate of drug-likeness (QED) is 0.295. The van der Waals surface area contributed by atoms with Crippen LogP contribution in [0.3, 0.4) is 0 Å². The summed E-state index contributed by atoms with van der Waals surface area (Å²) >= 11 is 0. The molecule has 0 aromatic heterocycles. The zero-order valence-electron chi connectivity index (χ0n) is 21.7. The maximum absolute atomic E-state index is 13.0. The largest absolute Gasteiger partial charge is 0.480 e. The van der Waals surface area contributed by atoms with Crippen molar-refractivity contribution in [1.29, 1.82) is 0 Å². The molecule has 0 heterocycles. The minimum absolute atomic E-state index is 0.0849. The van der Waals surface area contributed by atoms with Gasteiger partial charge in [0.2, 0.25) is 5.91 Å². The van der Waals surface area contributed by atoms with Crippen molar-refractivity contribution in [3.63, 3.8) is 0 Å². The van der Waals surface area contributed by atoms with Crippen LogP contribution in [0.25, 0.3) is 11.1 Å². The second kappa shape index (κ2) is 12.9. The summed E-state index contributed by atoms with van der Waals surface area (Å²) in [6, 6.07) is 22.9. The third-order valence-corrected chi connectivity index (χ3v) is 6.74. The lowest BCUT2D eigenvalue weighted by Crippen LogP contribution is -2.55. The molecule has 8 heteroatoms. The van der Waals surface area contributed by atoms with Gasteiger partial charge in [-0.2, -0.15) is 0 Å². The molecule has 0 radical (unpaired) electrons. The molecule has 0 fully saturated rings. The molecule has 202 valence electrons. The van der Waals surface area contributed by atoms with E-state index in [9.17, 15) is 19.5 Å². The number of hydrogen-bond acceptors (Lipinski definition) is 5. The molecule has 1 aliphatic rings. The van der Waals surface area contributed by atoms with Crippen LogP contribution in [0.4, 0.5) is 4.79 Å². The zero-order valence-corrected chi connectivity index (χ0v) is 21.7. The van der Waals surface area contributed by atoms with Crippen LogP contribution in [0.2, 0.25) is 0 Å². The standard InChI is InChI=1S/C31H32N2O6/c1-3-11-27(29(34)33-28(30(35)36)20(2)38-18-21-12-5-4-6-13-21)32-31(37)39-19-26-24-16-9-7-14-22(24)23-15-8-10-17-25(23)26/h3-10,12-17,20,26-28H,1,11,18-19H2,2H3,(H,32,37)(H,33,34)(H,35,36). The van der Waals surface area contributed by atoms with Crippen molar-refractivity contribution < 1.29 is 29.0 Å². The zero-order chi connectivity index (χ0) is 27.8. The van der Waals surface area contributed by atoms with Crippen LogP contribution in [-0.4, -0.2) is 47.9 Å². The Morgan fingerprint density at radius 1 is 0.923 bits per heavy atom. The number of rotatable bonds is 12. The van der Waals surface area contributed by atoms with Gasteiger partial charge in [0.25, 0.3) is 0 Å². The third-order valence-electron chi connectivity index (χ3n) is 6.74. The Morgan fingerprint density at radius 3 is 2.10 bits per heavy atom. The van der Waals surface area contributed by atoms with Crippen LogP contribution >= 0.6 is 0 Å². The number of hydrogen-bond donors (Lipinski definition) is 3. The molecular weight excluding hydrogens is 496 g/mol. The second-order valence-electron chi connectivity index (χ2n) is 9.37. The maximum Gasteiger partial charge on any atom is 0.407 e. The minimum atomic E-state index is -1.32. The SMILES string of the molecule is C=CCC(NC(=O)OCC1c2ccccc2-c2ccccc21)C(=O)NC(C(=O)O)C(C)OCc1ccccc1. The highest BCUT2D eigenvalue weighted by atomic mass is 16.5. The molecule has 39 heavy (non-hydrogen) atoms. The highest BCUT2D eigenvalue weighted by Crippen LogP contribution is 2.44. The number of alkyl carbamates (subject to hydrolysis) is 1. The van der Waals surface area contributed by atoms with Gasteiger partial charge >= 0.3 is 12.1 Å². The maximum atomic E-state index is 13.0. The Labute approximate surface area is 227 Å². The second-order valence-corrected chi connectivity index (χ2v) is 9.37. The van der Waals surface area contributed by atoms with Gasteiger partial charge in [0.1, 0.15) is 12.6 Å². The molecule has 3 unspecified atom stereocenters. The van der Waals surface area contributed by atoms with Gasteiger partial charge in [-0.05, 0) is 41.2 Å². The molecule has 3 aromatic rings. The van der Waals surface area contributed by atoms with Crippen molar-refractivity contribution in [2.24, 2.45) is 0 Å². The Morgan fingerprint density at radius 2 is 1.51 bits per heavy atom. The van der Waals surface area contributed by atoms with Crippen molar-refractivity contribution in [2.75, 3.05) is 6.61 Å². The summed E-state index contributed by atoms with van der Waals surface area (Å²) in [5.41, 5.74) is 5.23. The van der Waals surface area contributed by atoms with E-state index in [-0.39, 0.29) is 25.6 Å². The lowest BCUT2D eigenvalue weighted by atomic mass is 9.98. The average molecular weight is 529 g/mol. The number of carbonyl (C=O) groups excluding carboxylic acids is 2. The van der Waals surface area contributed by atoms with Crippen LogP contribution in [0.1, 0.15) is 36.0 Å². The number of aliphatic carboxylic acids is 1. The van der Waals surface area contributed by atoms with Crippen LogP contribution in [0.5, 0.6) is 0 Å². The molecule has 3 N–H and O–H groups in total. The van der Waals surface area contributed by atoms with Gasteiger partial charge in [0.05, 0.1) is 12.7 Å². The Kier molecular flexibility index (Phi) is 9.12. The number of fused-ring (bicyclic) bond motifs is 3. The van der Waals surface area contributed by atoms with Crippen LogP contribution in [-0.2, 0) is 25.7 Å². The average Bonchev–Trinajstić information content (AvgIpc) is 3.27. The highest BCUT2D eigenvalue weighted by Gasteiger charge is 2.32. The van der Waals surface area contributed by atoms with E-state index in [0.29, 0.717) is 0 Å². The van der Waals surface area contributed by atoms with E-state index in [1.165, 1.54) is 6.08 Å². The first kappa shape index (κ1) is 27.6. The van der Waals surface area contributed by atoms with Gasteiger partial charge < -0.3 is 25.2 Å². The molecule has 3 aromatic carbocycles. The van der Waals surface area contributed by atoms with E-state index in [1.54, 1.807) is 6.92 Å². The molecule has 0 spiro atoms. The third kappa shape index (κ3) is 6.72. The van der Waals surface area contributed by atoms with Gasteiger partial charge in [-0.25, -0.2) is 9.59 Å². The topological polar surface area (TPSA) is 114 Å². The van der Waals surface area contributed by atoms with Gasteiger partial charge in [0.15, 0.2) is 6.04 Å². The van der Waals surface area contributed by atoms with E-state index >= 15 is 0 Å². The Bertz CT molecular complexity index is 1280. The van der Waals surface area contributed by atoms with E-state index in [2.05, 4.69) is 17.2 Å². The molecule has 8 nitrogen and oxygen atoms in total. The number of carbonyl (C=O) groups is 3. The van der Waals surface area contributed by atoms with Crippen molar-refractivity contribution in [1.82, 2.24) is 10.6 Å². The Hall–Kier alpha value is -4.43. The molecule has 0 saturated carbocycles. The molecule has 0 aliphatic heterocycles. The number of ether oxygens (including phenoxy) is 2. The number of benzene rings is 3. The molecule has 0 bridgehead atoms. The molecule has 0 saturated heterocycles. The predicted octanol–water partition coefficient (Wildman–Crippen LogP) is 4.64. The Balaban J connectivity index is 1.36. The smallest absolute Gasteiger partial charge is 0.407 e. The summed E-state index contributed by atoms with van der Waals surface area (Å²) in [6.45, 7) is 5.50. The van der Waals surface area contributed by atoms with E-state index < -0.39 is 36.2 Å². The van der Waals surface area contributed by atoms with Crippen molar-refractivity contribution in [2.45, 2.75) is 44.1 Å². The lowest BCUT2D eigenvalue weighted by Gasteiger charge is -2.25. The first-order valence-corrected chi connectivity index (χ1v) is 12.8. The fourth-order valence-corrected chi connectivity index (χ4v) is 4.71. The molecule has 3 atom stereocenters. The monoisotopic (exact) mass is 528 g/mol. The van der Waals surface area contributed by atoms with Crippen LogP contribution in [0, 0.1) is 0 Å². The first-order valence-electron chi connectivity index (χ1n) is 12.8. The summed E-state index contributed by atoms with van der Waals surface area (Å²) in [5, 5.41) is 14.8. The molecule has 1 aliphatic carbocycles. The first-order chi connectivity index (χ1) is 18.9. The van der Waals surface area contributed by atoms with E-state index in [1.807, 2.05) is 78.9 Å². The van der Waals surface area contributed by atoms with Gasteiger partial charge in [-0.1, -0.05) is 84.9 Å². The number of carboxylic acid groups (broad SMARTS) is 1. The molecule has 2 amide bonds. The summed E-state index contributed by atoms with van der Waals surface area (Å²) in [4.78, 5) is 37.7. The van der Waals surface area contributed by atoms with Gasteiger partial charge in [-0.15, -0.1) is 6.58 Å². The summed E-state index contributed by atoms with van der Waals surface area (Å²) in [7, 11) is 0. The van der Waals surface area contributed by atoms with Gasteiger partial charge in [-0.3, -0.25) is 4.79 Å². The molecule has 4 rings (SSSR count). The highest BCUT2D eigenvalue weighted by molar-refractivity contribution is 5.89. The normalized spacial score (nSPS) is 14.3. The number of amides is 2. The summed E-state index contributed by atoms with van der Waals surface area (Å²) in [5.74, 6) is -2.05. The van der Waals surface area contributed by atoms with Crippen LogP contribution < -0.4 is 10.6 Å². The summed E-state index contributed by atoms with van der Waals surface area (Å²) < 4.78 is 11.2. The predicted molar refractivity (Wildman–Crippen MR) is 147 cm³/mol. The fraction of sp³-hybridized carbons (Fsp3) is 0.258. The van der Waals surface area contributed by atoms with Crippen molar-refractivity contribution >= 4 is 18.0 Å². The van der Waals surface area contributed by atoms with Crippen molar-refractivity contribution in [3.05, 3.63) is 108 Å². The van der Waals surface area contributed by atoms with E-state index in [4.69, 9.17) is 9.47 Å². The van der Waals surface area contributed by atoms with Gasteiger partial charge in [0, 0.05) is 5.92 Å². The van der Waals surface area contributed by atoms with E-state index in [0.717, 1.165) is 27.8 Å². The van der Waals surface area contributed by atoms with Crippen LogP contribution in [0.15, 0.2) is 91.5 Å².